The minimum absolute atomic E-state index is 0.131. The number of nitrogens with one attached hydrogen (secondary N) is 2. The van der Waals surface area contributed by atoms with Crippen molar-refractivity contribution in [1.29, 1.82) is 0 Å². The van der Waals surface area contributed by atoms with Gasteiger partial charge in [-0.15, -0.1) is 0 Å². The van der Waals surface area contributed by atoms with Gasteiger partial charge in [0.2, 0.25) is 10.0 Å². The van der Waals surface area contributed by atoms with Crippen LogP contribution >= 0.6 is 11.6 Å². The van der Waals surface area contributed by atoms with Gasteiger partial charge in [-0.25, -0.2) is 13.1 Å². The molecular formula is C22H21ClN2O4S. The highest BCUT2D eigenvalue weighted by molar-refractivity contribution is 7.89. The molecule has 0 heterocycles. The van der Waals surface area contributed by atoms with E-state index in [1.54, 1.807) is 24.3 Å². The van der Waals surface area contributed by atoms with Crippen LogP contribution < -0.4 is 14.8 Å². The lowest BCUT2D eigenvalue weighted by Crippen LogP contribution is -2.26. The fraction of sp³-hybridized carbons (Fsp3) is 0.136. The summed E-state index contributed by atoms with van der Waals surface area (Å²) < 4.78 is 32.8. The van der Waals surface area contributed by atoms with Crippen LogP contribution in [0.25, 0.3) is 0 Å². The van der Waals surface area contributed by atoms with Crippen molar-refractivity contribution in [2.75, 3.05) is 18.5 Å². The summed E-state index contributed by atoms with van der Waals surface area (Å²) in [6.45, 7) is 0.0855. The first-order valence-electron chi connectivity index (χ1n) is 9.24. The average Bonchev–Trinajstić information content (AvgIpc) is 2.73. The Kier molecular flexibility index (Phi) is 7.46. The van der Waals surface area contributed by atoms with E-state index >= 15 is 0 Å². The van der Waals surface area contributed by atoms with E-state index in [0.717, 1.165) is 5.56 Å². The molecule has 156 valence electrons. The number of anilines is 1. The Balaban J connectivity index is 1.49. The molecule has 30 heavy (non-hydrogen) atoms. The SMILES string of the molecule is O=C(COc1ccc(S(=O)(=O)NCCc2ccccc2)cc1)Nc1cccc(Cl)c1. The van der Waals surface area contributed by atoms with Gasteiger partial charge in [-0.1, -0.05) is 48.0 Å². The zero-order chi connectivity index (χ0) is 21.4. The predicted octanol–water partition coefficient (Wildman–Crippen LogP) is 3.88. The van der Waals surface area contributed by atoms with Crippen LogP contribution in [0.1, 0.15) is 5.56 Å². The molecule has 2 N–H and O–H groups in total. The Bertz CT molecular complexity index is 1090. The maximum absolute atomic E-state index is 12.4. The van der Waals surface area contributed by atoms with E-state index in [9.17, 15) is 13.2 Å². The Hall–Kier alpha value is -2.87. The van der Waals surface area contributed by atoms with E-state index in [2.05, 4.69) is 10.0 Å². The summed E-state index contributed by atoms with van der Waals surface area (Å²) in [7, 11) is -3.62. The van der Waals surface area contributed by atoms with Crippen LogP contribution in [0, 0.1) is 0 Å². The smallest absolute Gasteiger partial charge is 0.262 e. The Labute approximate surface area is 180 Å². The van der Waals surface area contributed by atoms with Gasteiger partial charge in [-0.3, -0.25) is 4.79 Å². The largest absolute Gasteiger partial charge is 0.484 e. The van der Waals surface area contributed by atoms with E-state index in [-0.39, 0.29) is 17.4 Å². The molecule has 0 aromatic heterocycles. The van der Waals surface area contributed by atoms with Crippen LogP contribution in [0.5, 0.6) is 5.75 Å². The van der Waals surface area contributed by atoms with E-state index in [1.165, 1.54) is 24.3 Å². The number of benzene rings is 3. The molecule has 0 unspecified atom stereocenters. The molecule has 6 nitrogen and oxygen atoms in total. The molecular weight excluding hydrogens is 424 g/mol. The molecule has 3 aromatic rings. The summed E-state index contributed by atoms with van der Waals surface area (Å²) in [5.74, 6) is 0.0380. The van der Waals surface area contributed by atoms with E-state index in [1.807, 2.05) is 30.3 Å². The lowest BCUT2D eigenvalue weighted by molar-refractivity contribution is -0.118. The Morgan fingerprint density at radius 2 is 1.67 bits per heavy atom. The molecule has 0 fully saturated rings. The number of hydrogen-bond acceptors (Lipinski definition) is 4. The van der Waals surface area contributed by atoms with Gasteiger partial charge in [-0.05, 0) is 54.4 Å². The van der Waals surface area contributed by atoms with Crippen molar-refractivity contribution in [3.8, 4) is 5.75 Å². The predicted molar refractivity (Wildman–Crippen MR) is 117 cm³/mol. The normalized spacial score (nSPS) is 11.1. The molecule has 0 aliphatic carbocycles. The maximum Gasteiger partial charge on any atom is 0.262 e. The van der Waals surface area contributed by atoms with Gasteiger partial charge in [0.05, 0.1) is 4.90 Å². The molecule has 0 saturated heterocycles. The number of halogens is 1. The molecule has 0 bridgehead atoms. The van der Waals surface area contributed by atoms with Crippen molar-refractivity contribution >= 4 is 33.2 Å². The number of sulfonamides is 1. The molecule has 3 aromatic carbocycles. The molecule has 0 saturated carbocycles. The monoisotopic (exact) mass is 444 g/mol. The minimum atomic E-state index is -3.62. The molecule has 3 rings (SSSR count). The zero-order valence-electron chi connectivity index (χ0n) is 16.0. The highest BCUT2D eigenvalue weighted by Crippen LogP contribution is 2.17. The summed E-state index contributed by atoms with van der Waals surface area (Å²) in [6, 6.07) is 22.3. The molecule has 8 heteroatoms. The van der Waals surface area contributed by atoms with Crippen LogP contribution in [-0.4, -0.2) is 27.5 Å². The van der Waals surface area contributed by atoms with Gasteiger partial charge < -0.3 is 10.1 Å². The summed E-state index contributed by atoms with van der Waals surface area (Å²) in [4.78, 5) is 12.1. The molecule has 0 aliphatic rings. The first kappa shape index (κ1) is 21.8. The Morgan fingerprint density at radius 3 is 2.37 bits per heavy atom. The number of ether oxygens (including phenoxy) is 1. The fourth-order valence-corrected chi connectivity index (χ4v) is 3.91. The molecule has 0 aliphatic heterocycles. The second-order valence-electron chi connectivity index (χ2n) is 6.45. The first-order chi connectivity index (χ1) is 14.4. The molecule has 0 spiro atoms. The van der Waals surface area contributed by atoms with E-state index < -0.39 is 10.0 Å². The van der Waals surface area contributed by atoms with Gasteiger partial charge in [-0.2, -0.15) is 0 Å². The quantitative estimate of drug-likeness (QED) is 0.524. The van der Waals surface area contributed by atoms with Crippen LogP contribution in [0.15, 0.2) is 83.8 Å². The van der Waals surface area contributed by atoms with E-state index in [4.69, 9.17) is 16.3 Å². The van der Waals surface area contributed by atoms with Crippen LogP contribution in [0.4, 0.5) is 5.69 Å². The van der Waals surface area contributed by atoms with E-state index in [0.29, 0.717) is 29.4 Å². The second kappa shape index (κ2) is 10.2. The zero-order valence-corrected chi connectivity index (χ0v) is 17.6. The summed E-state index contributed by atoms with van der Waals surface area (Å²) in [5, 5.41) is 3.19. The van der Waals surface area contributed by atoms with Gasteiger partial charge in [0.15, 0.2) is 6.61 Å². The van der Waals surface area contributed by atoms with Crippen molar-refractivity contribution < 1.29 is 17.9 Å². The van der Waals surface area contributed by atoms with Crippen LogP contribution in [0.3, 0.4) is 0 Å². The van der Waals surface area contributed by atoms with Gasteiger partial charge >= 0.3 is 0 Å². The van der Waals surface area contributed by atoms with Crippen molar-refractivity contribution in [2.24, 2.45) is 0 Å². The number of amides is 1. The first-order valence-corrected chi connectivity index (χ1v) is 11.1. The summed E-state index contributed by atoms with van der Waals surface area (Å²) in [6.07, 6.45) is 0.600. The summed E-state index contributed by atoms with van der Waals surface area (Å²) >= 11 is 5.88. The fourth-order valence-electron chi connectivity index (χ4n) is 2.68. The number of hydrogen-bond donors (Lipinski definition) is 2. The van der Waals surface area contributed by atoms with Gasteiger partial charge in [0.25, 0.3) is 5.91 Å². The maximum atomic E-state index is 12.4. The number of rotatable bonds is 9. The number of carbonyl (C=O) groups excluding carboxylic acids is 1. The lowest BCUT2D eigenvalue weighted by Gasteiger charge is -2.10. The van der Waals surface area contributed by atoms with Crippen molar-refractivity contribution in [3.05, 3.63) is 89.4 Å². The topological polar surface area (TPSA) is 84.5 Å². The van der Waals surface area contributed by atoms with Crippen LogP contribution in [0.2, 0.25) is 5.02 Å². The molecule has 1 amide bonds. The van der Waals surface area contributed by atoms with Crippen molar-refractivity contribution in [3.63, 3.8) is 0 Å². The lowest BCUT2D eigenvalue weighted by atomic mass is 10.2. The standard InChI is InChI=1S/C22H21ClN2O4S/c23-18-7-4-8-19(15-18)25-22(26)16-29-20-9-11-21(12-10-20)30(27,28)24-14-13-17-5-2-1-3-6-17/h1-12,15,24H,13-14,16H2,(H,25,26). The molecule has 0 atom stereocenters. The second-order valence-corrected chi connectivity index (χ2v) is 8.66. The highest BCUT2D eigenvalue weighted by atomic mass is 35.5. The van der Waals surface area contributed by atoms with Crippen LogP contribution in [-0.2, 0) is 21.2 Å². The van der Waals surface area contributed by atoms with Gasteiger partial charge in [0.1, 0.15) is 5.75 Å². The number of carbonyl (C=O) groups is 1. The Morgan fingerprint density at radius 1 is 0.933 bits per heavy atom. The summed E-state index contributed by atoms with van der Waals surface area (Å²) in [5.41, 5.74) is 1.62. The average molecular weight is 445 g/mol. The van der Waals surface area contributed by atoms with Crippen molar-refractivity contribution in [2.45, 2.75) is 11.3 Å². The van der Waals surface area contributed by atoms with Crippen molar-refractivity contribution in [1.82, 2.24) is 4.72 Å². The molecule has 0 radical (unpaired) electrons. The van der Waals surface area contributed by atoms with Gasteiger partial charge in [0, 0.05) is 17.3 Å². The third-order valence-corrected chi connectivity index (χ3v) is 5.87. The third-order valence-electron chi connectivity index (χ3n) is 4.16. The highest BCUT2D eigenvalue weighted by Gasteiger charge is 2.13. The minimum Gasteiger partial charge on any atom is -0.484 e. The third kappa shape index (κ3) is 6.59.